The summed E-state index contributed by atoms with van der Waals surface area (Å²) < 4.78 is 27.5. The Kier molecular flexibility index (Phi) is 4.66. The second-order valence-electron chi connectivity index (χ2n) is 6.82. The van der Waals surface area contributed by atoms with E-state index in [0.29, 0.717) is 18.0 Å². The first-order valence-electron chi connectivity index (χ1n) is 8.78. The van der Waals surface area contributed by atoms with Gasteiger partial charge < -0.3 is 0 Å². The molecule has 2 aromatic rings. The first kappa shape index (κ1) is 17.1. The van der Waals surface area contributed by atoms with Crippen molar-refractivity contribution in [2.24, 2.45) is 0 Å². The third kappa shape index (κ3) is 3.51. The number of hydrogen-bond acceptors (Lipinski definition) is 5. The Labute approximate surface area is 153 Å². The zero-order valence-corrected chi connectivity index (χ0v) is 16.1. The van der Waals surface area contributed by atoms with Gasteiger partial charge in [0.15, 0.2) is 0 Å². The van der Waals surface area contributed by atoms with Gasteiger partial charge in [0.05, 0.1) is 15.6 Å². The number of sulfonamides is 1. The van der Waals surface area contributed by atoms with Crippen molar-refractivity contribution in [2.45, 2.75) is 37.6 Å². The number of rotatable bonds is 4. The normalized spacial score (nSPS) is 19.2. The Balaban J connectivity index is 1.42. The van der Waals surface area contributed by atoms with Crippen LogP contribution in [-0.2, 0) is 29.4 Å². The van der Waals surface area contributed by atoms with Crippen molar-refractivity contribution in [3.8, 4) is 0 Å². The highest BCUT2D eigenvalue weighted by Crippen LogP contribution is 2.27. The van der Waals surface area contributed by atoms with E-state index in [4.69, 9.17) is 0 Å². The lowest BCUT2D eigenvalue weighted by Crippen LogP contribution is -2.48. The van der Waals surface area contributed by atoms with E-state index in [-0.39, 0.29) is 0 Å². The number of piperazine rings is 1. The first-order valence-corrected chi connectivity index (χ1v) is 11.1. The zero-order valence-electron chi connectivity index (χ0n) is 14.4. The summed E-state index contributed by atoms with van der Waals surface area (Å²) in [6.07, 6.45) is 3.21. The second kappa shape index (κ2) is 6.79. The van der Waals surface area contributed by atoms with E-state index in [0.717, 1.165) is 49.6 Å². The summed E-state index contributed by atoms with van der Waals surface area (Å²) in [4.78, 5) is 7.23. The minimum Gasteiger partial charge on any atom is -0.295 e. The number of hydrogen-bond donors (Lipinski definition) is 0. The average Bonchev–Trinajstić information content (AvgIpc) is 3.23. The van der Waals surface area contributed by atoms with Crippen LogP contribution in [0.25, 0.3) is 0 Å². The molecular weight excluding hydrogens is 354 g/mol. The summed E-state index contributed by atoms with van der Waals surface area (Å²) in [5, 5.41) is 3.16. The topological polar surface area (TPSA) is 53.5 Å². The van der Waals surface area contributed by atoms with Crippen molar-refractivity contribution in [1.29, 1.82) is 0 Å². The molecule has 0 unspecified atom stereocenters. The maximum Gasteiger partial charge on any atom is 0.243 e. The van der Waals surface area contributed by atoms with E-state index >= 15 is 0 Å². The third-order valence-electron chi connectivity index (χ3n) is 5.09. The van der Waals surface area contributed by atoms with Crippen LogP contribution >= 0.6 is 11.3 Å². The molecular formula is C18H23N3O2S2. The van der Waals surface area contributed by atoms with Crippen LogP contribution in [-0.4, -0.2) is 48.8 Å². The Morgan fingerprint density at radius 2 is 1.88 bits per heavy atom. The Hall–Kier alpha value is -1.28. The highest BCUT2D eigenvalue weighted by molar-refractivity contribution is 7.89. The lowest BCUT2D eigenvalue weighted by molar-refractivity contribution is 0.180. The number of benzene rings is 1. The van der Waals surface area contributed by atoms with Gasteiger partial charge in [-0.3, -0.25) is 4.90 Å². The fraction of sp³-hybridized carbons (Fsp3) is 0.500. The molecule has 134 valence electrons. The van der Waals surface area contributed by atoms with Gasteiger partial charge in [-0.05, 0) is 49.4 Å². The Morgan fingerprint density at radius 3 is 2.60 bits per heavy atom. The largest absolute Gasteiger partial charge is 0.295 e. The van der Waals surface area contributed by atoms with Gasteiger partial charge in [-0.25, -0.2) is 13.4 Å². The molecule has 0 bridgehead atoms. The molecule has 0 atom stereocenters. The Bertz CT molecular complexity index is 868. The van der Waals surface area contributed by atoms with Crippen molar-refractivity contribution in [2.75, 3.05) is 26.2 Å². The molecule has 0 N–H and O–H groups in total. The maximum absolute atomic E-state index is 13.0. The van der Waals surface area contributed by atoms with Crippen molar-refractivity contribution < 1.29 is 8.42 Å². The summed E-state index contributed by atoms with van der Waals surface area (Å²) in [5.41, 5.74) is 3.60. The van der Waals surface area contributed by atoms with Gasteiger partial charge in [0.2, 0.25) is 10.0 Å². The van der Waals surface area contributed by atoms with Gasteiger partial charge >= 0.3 is 0 Å². The van der Waals surface area contributed by atoms with Crippen LogP contribution in [0.4, 0.5) is 0 Å². The molecule has 1 saturated heterocycles. The lowest BCUT2D eigenvalue weighted by atomic mass is 10.1. The van der Waals surface area contributed by atoms with E-state index in [9.17, 15) is 8.42 Å². The number of fused-ring (bicyclic) bond motifs is 1. The smallest absolute Gasteiger partial charge is 0.243 e. The molecule has 1 fully saturated rings. The second-order valence-corrected chi connectivity index (χ2v) is 9.82. The molecule has 4 rings (SSSR count). The maximum atomic E-state index is 13.0. The highest BCUT2D eigenvalue weighted by Gasteiger charge is 2.29. The number of aryl methyl sites for hydroxylation is 3. The molecule has 1 aliphatic heterocycles. The third-order valence-corrected chi connectivity index (χ3v) is 7.81. The first-order chi connectivity index (χ1) is 12.0. The van der Waals surface area contributed by atoms with E-state index in [2.05, 4.69) is 15.3 Å². The Morgan fingerprint density at radius 1 is 1.12 bits per heavy atom. The van der Waals surface area contributed by atoms with Crippen LogP contribution < -0.4 is 0 Å². The zero-order chi connectivity index (χ0) is 17.4. The van der Waals surface area contributed by atoms with Gasteiger partial charge in [0.25, 0.3) is 0 Å². The summed E-state index contributed by atoms with van der Waals surface area (Å²) in [6, 6.07) is 5.67. The number of nitrogens with zero attached hydrogens (tertiary/aromatic N) is 3. The van der Waals surface area contributed by atoms with Crippen LogP contribution in [0.5, 0.6) is 0 Å². The summed E-state index contributed by atoms with van der Waals surface area (Å²) in [6.45, 7) is 5.40. The average molecular weight is 378 g/mol. The molecule has 0 saturated carbocycles. The van der Waals surface area contributed by atoms with Crippen LogP contribution in [0.2, 0.25) is 0 Å². The standard InChI is InChI=1S/C18H23N3O2S2/c1-14-19-17(13-24-14)12-20-7-9-21(10-8-20)25(22,23)18-6-5-15-3-2-4-16(15)11-18/h5-6,11,13H,2-4,7-10,12H2,1H3. The van der Waals surface area contributed by atoms with E-state index in [1.54, 1.807) is 21.7 Å². The monoisotopic (exact) mass is 377 g/mol. The van der Waals surface area contributed by atoms with Crippen molar-refractivity contribution in [1.82, 2.24) is 14.2 Å². The lowest BCUT2D eigenvalue weighted by Gasteiger charge is -2.33. The molecule has 25 heavy (non-hydrogen) atoms. The quantitative estimate of drug-likeness (QED) is 0.821. The van der Waals surface area contributed by atoms with Gasteiger partial charge in [-0.15, -0.1) is 11.3 Å². The van der Waals surface area contributed by atoms with Crippen LogP contribution in [0.15, 0.2) is 28.5 Å². The minimum atomic E-state index is -3.38. The molecule has 2 aliphatic rings. The number of thiazole rings is 1. The van der Waals surface area contributed by atoms with Gasteiger partial charge in [-0.2, -0.15) is 4.31 Å². The predicted molar refractivity (Wildman–Crippen MR) is 99.4 cm³/mol. The fourth-order valence-corrected chi connectivity index (χ4v) is 5.77. The van der Waals surface area contributed by atoms with E-state index < -0.39 is 10.0 Å². The molecule has 2 heterocycles. The molecule has 1 aromatic carbocycles. The molecule has 0 radical (unpaired) electrons. The van der Waals surface area contributed by atoms with E-state index in [1.165, 1.54) is 11.1 Å². The summed E-state index contributed by atoms with van der Waals surface area (Å²) in [5.74, 6) is 0. The van der Waals surface area contributed by atoms with Gasteiger partial charge in [-0.1, -0.05) is 6.07 Å². The predicted octanol–water partition coefficient (Wildman–Crippen LogP) is 2.45. The SMILES string of the molecule is Cc1nc(CN2CCN(S(=O)(=O)c3ccc4c(c3)CCC4)CC2)cs1. The van der Waals surface area contributed by atoms with Gasteiger partial charge in [0, 0.05) is 38.1 Å². The van der Waals surface area contributed by atoms with Crippen molar-refractivity contribution in [3.63, 3.8) is 0 Å². The summed E-state index contributed by atoms with van der Waals surface area (Å²) >= 11 is 1.66. The molecule has 1 aromatic heterocycles. The highest BCUT2D eigenvalue weighted by atomic mass is 32.2. The van der Waals surface area contributed by atoms with Crippen LogP contribution in [0.3, 0.4) is 0 Å². The molecule has 5 nitrogen and oxygen atoms in total. The molecule has 7 heteroatoms. The van der Waals surface area contributed by atoms with Crippen LogP contribution in [0.1, 0.15) is 28.2 Å². The minimum absolute atomic E-state index is 0.455. The number of aromatic nitrogens is 1. The van der Waals surface area contributed by atoms with Gasteiger partial charge in [0.1, 0.15) is 0 Å². The van der Waals surface area contributed by atoms with Crippen molar-refractivity contribution in [3.05, 3.63) is 45.4 Å². The van der Waals surface area contributed by atoms with E-state index in [1.807, 2.05) is 19.1 Å². The fourth-order valence-electron chi connectivity index (χ4n) is 3.70. The molecule has 0 spiro atoms. The molecule has 1 aliphatic carbocycles. The van der Waals surface area contributed by atoms with Crippen molar-refractivity contribution >= 4 is 21.4 Å². The van der Waals surface area contributed by atoms with Crippen LogP contribution in [0, 0.1) is 6.92 Å². The molecule has 0 amide bonds. The summed E-state index contributed by atoms with van der Waals surface area (Å²) in [7, 11) is -3.38.